The van der Waals surface area contributed by atoms with Gasteiger partial charge in [0.25, 0.3) is 5.91 Å². The van der Waals surface area contributed by atoms with Gasteiger partial charge in [-0.05, 0) is 24.1 Å². The van der Waals surface area contributed by atoms with Crippen molar-refractivity contribution in [3.8, 4) is 0 Å². The fourth-order valence-corrected chi connectivity index (χ4v) is 2.20. The molecule has 1 atom stereocenters. The molecule has 0 radical (unpaired) electrons. The van der Waals surface area contributed by atoms with Crippen molar-refractivity contribution in [3.63, 3.8) is 0 Å². The highest BCUT2D eigenvalue weighted by atomic mass is 16.2. The van der Waals surface area contributed by atoms with Crippen LogP contribution in [0.2, 0.25) is 0 Å². The molecule has 4 heteroatoms. The molecule has 0 bridgehead atoms. The van der Waals surface area contributed by atoms with Crippen LogP contribution in [-0.4, -0.2) is 22.5 Å². The van der Waals surface area contributed by atoms with Crippen molar-refractivity contribution in [2.45, 2.75) is 6.42 Å². The van der Waals surface area contributed by atoms with Crippen molar-refractivity contribution in [3.05, 3.63) is 60.3 Å². The highest BCUT2D eigenvalue weighted by molar-refractivity contribution is 6.19. The zero-order chi connectivity index (χ0) is 13.2. The number of carbonyl (C=O) groups excluding carboxylic acids is 2. The van der Waals surface area contributed by atoms with Crippen LogP contribution in [-0.2, 0) is 16.0 Å². The van der Waals surface area contributed by atoms with Crippen molar-refractivity contribution in [2.75, 3.05) is 0 Å². The van der Waals surface area contributed by atoms with E-state index in [4.69, 9.17) is 0 Å². The van der Waals surface area contributed by atoms with E-state index >= 15 is 0 Å². The first-order valence-electron chi connectivity index (χ1n) is 6.10. The predicted octanol–water partition coefficient (Wildman–Crippen LogP) is 1.70. The summed E-state index contributed by atoms with van der Waals surface area (Å²) in [4.78, 5) is 29.7. The van der Waals surface area contributed by atoms with Crippen molar-refractivity contribution in [2.24, 2.45) is 10.9 Å². The molecule has 0 aliphatic carbocycles. The molecule has 19 heavy (non-hydrogen) atoms. The molecule has 1 unspecified atom stereocenters. The van der Waals surface area contributed by atoms with Crippen LogP contribution < -0.4 is 0 Å². The molecule has 2 amide bonds. The van der Waals surface area contributed by atoms with E-state index in [9.17, 15) is 9.59 Å². The Kier molecular flexibility index (Phi) is 2.83. The maximum Gasteiger partial charge on any atom is 0.260 e. The summed E-state index contributed by atoms with van der Waals surface area (Å²) in [5.74, 6) is -0.886. The zero-order valence-corrected chi connectivity index (χ0v) is 10.2. The summed E-state index contributed by atoms with van der Waals surface area (Å²) in [5.41, 5.74) is 0.962. The number of amides is 2. The molecule has 4 nitrogen and oxygen atoms in total. The van der Waals surface area contributed by atoms with Gasteiger partial charge >= 0.3 is 0 Å². The monoisotopic (exact) mass is 252 g/mol. The third kappa shape index (κ3) is 2.12. The molecule has 0 saturated heterocycles. The lowest BCUT2D eigenvalue weighted by atomic mass is 9.95. The van der Waals surface area contributed by atoms with Gasteiger partial charge in [0.15, 0.2) is 0 Å². The van der Waals surface area contributed by atoms with Crippen LogP contribution in [0.1, 0.15) is 5.56 Å². The summed E-state index contributed by atoms with van der Waals surface area (Å²) < 4.78 is 0. The Morgan fingerprint density at radius 3 is 2.68 bits per heavy atom. The lowest BCUT2D eigenvalue weighted by molar-refractivity contribution is -0.137. The molecule has 0 spiro atoms. The van der Waals surface area contributed by atoms with Gasteiger partial charge in [0.1, 0.15) is 11.8 Å². The van der Waals surface area contributed by atoms with Crippen LogP contribution in [0.25, 0.3) is 0 Å². The molecule has 0 fully saturated rings. The number of benzene rings is 1. The van der Waals surface area contributed by atoms with Crippen molar-refractivity contribution in [1.82, 2.24) is 4.90 Å². The van der Waals surface area contributed by atoms with E-state index in [1.807, 2.05) is 30.3 Å². The van der Waals surface area contributed by atoms with Crippen LogP contribution in [0.15, 0.2) is 59.8 Å². The number of allylic oxidation sites excluding steroid dienone is 2. The average molecular weight is 252 g/mol. The number of carbonyl (C=O) groups is 2. The smallest absolute Gasteiger partial charge is 0.260 e. The van der Waals surface area contributed by atoms with E-state index < -0.39 is 5.92 Å². The standard InChI is InChI=1S/C15H12N2O2/c18-14-12(10-11-6-2-1-3-7-11)15(19)17-9-5-4-8-13(17)16-14/h1-9,12H,10H2. The second kappa shape index (κ2) is 4.65. The first-order valence-corrected chi connectivity index (χ1v) is 6.10. The zero-order valence-electron chi connectivity index (χ0n) is 10.2. The van der Waals surface area contributed by atoms with Gasteiger partial charge in [-0.2, -0.15) is 4.99 Å². The molecule has 0 aromatic heterocycles. The van der Waals surface area contributed by atoms with Gasteiger partial charge in [-0.15, -0.1) is 0 Å². The van der Waals surface area contributed by atoms with E-state index in [-0.39, 0.29) is 11.8 Å². The summed E-state index contributed by atoms with van der Waals surface area (Å²) >= 11 is 0. The lowest BCUT2D eigenvalue weighted by Gasteiger charge is -2.28. The van der Waals surface area contributed by atoms with E-state index in [1.165, 1.54) is 4.90 Å². The first kappa shape index (κ1) is 11.6. The largest absolute Gasteiger partial charge is 0.273 e. The molecule has 1 aromatic carbocycles. The fraction of sp³-hybridized carbons (Fsp3) is 0.133. The predicted molar refractivity (Wildman–Crippen MR) is 71.2 cm³/mol. The lowest BCUT2D eigenvalue weighted by Crippen LogP contribution is -2.45. The second-order valence-corrected chi connectivity index (χ2v) is 4.46. The number of hydrogen-bond acceptors (Lipinski definition) is 2. The van der Waals surface area contributed by atoms with Crippen molar-refractivity contribution in [1.29, 1.82) is 0 Å². The minimum Gasteiger partial charge on any atom is -0.273 e. The summed E-state index contributed by atoms with van der Waals surface area (Å²) in [6.45, 7) is 0. The van der Waals surface area contributed by atoms with Crippen LogP contribution in [0.5, 0.6) is 0 Å². The maximum atomic E-state index is 12.3. The highest BCUT2D eigenvalue weighted by Crippen LogP contribution is 2.20. The van der Waals surface area contributed by atoms with E-state index in [0.717, 1.165) is 5.56 Å². The van der Waals surface area contributed by atoms with Crippen molar-refractivity contribution >= 4 is 17.6 Å². The van der Waals surface area contributed by atoms with Crippen LogP contribution in [0.3, 0.4) is 0 Å². The fourth-order valence-electron chi connectivity index (χ4n) is 2.20. The summed E-state index contributed by atoms with van der Waals surface area (Å²) in [6.07, 6.45) is 7.21. The third-order valence-corrected chi connectivity index (χ3v) is 3.18. The molecule has 0 N–H and O–H groups in total. The minimum absolute atomic E-state index is 0.209. The number of amidine groups is 1. The normalized spacial score (nSPS) is 21.4. The number of nitrogens with zero attached hydrogens (tertiary/aromatic N) is 2. The Bertz CT molecular complexity index is 614. The molecule has 1 aromatic rings. The molecular formula is C15H12N2O2. The SMILES string of the molecule is O=C1N=C2C=CC=CN2C(=O)C1Cc1ccccc1. The highest BCUT2D eigenvalue weighted by Gasteiger charge is 2.36. The molecule has 3 rings (SSSR count). The summed E-state index contributed by atoms with van der Waals surface area (Å²) in [6, 6.07) is 9.51. The Balaban J connectivity index is 1.89. The van der Waals surface area contributed by atoms with E-state index in [1.54, 1.807) is 24.4 Å². The quantitative estimate of drug-likeness (QED) is 0.752. The molecule has 0 saturated carbocycles. The molecule has 94 valence electrons. The second-order valence-electron chi connectivity index (χ2n) is 4.46. The van der Waals surface area contributed by atoms with E-state index in [0.29, 0.717) is 12.3 Å². The Hall–Kier alpha value is -2.49. The van der Waals surface area contributed by atoms with Crippen LogP contribution in [0.4, 0.5) is 0 Å². The van der Waals surface area contributed by atoms with Crippen LogP contribution in [0, 0.1) is 5.92 Å². The molecule has 2 aliphatic rings. The Morgan fingerprint density at radius 1 is 1.11 bits per heavy atom. The van der Waals surface area contributed by atoms with Gasteiger partial charge in [0.2, 0.25) is 5.91 Å². The molecule has 2 heterocycles. The number of fused-ring (bicyclic) bond motifs is 1. The van der Waals surface area contributed by atoms with Gasteiger partial charge in [-0.1, -0.05) is 36.4 Å². The maximum absolute atomic E-state index is 12.3. The third-order valence-electron chi connectivity index (χ3n) is 3.18. The number of rotatable bonds is 2. The van der Waals surface area contributed by atoms with Gasteiger partial charge in [-0.3, -0.25) is 14.5 Å². The minimum atomic E-state index is -0.720. The Morgan fingerprint density at radius 2 is 1.89 bits per heavy atom. The molecular weight excluding hydrogens is 240 g/mol. The van der Waals surface area contributed by atoms with Gasteiger partial charge < -0.3 is 0 Å². The molecule has 2 aliphatic heterocycles. The van der Waals surface area contributed by atoms with Crippen LogP contribution >= 0.6 is 0 Å². The topological polar surface area (TPSA) is 49.7 Å². The summed E-state index contributed by atoms with van der Waals surface area (Å²) in [5, 5.41) is 0. The number of aliphatic imine (C=N–C) groups is 1. The summed E-state index contributed by atoms with van der Waals surface area (Å²) in [7, 11) is 0. The van der Waals surface area contributed by atoms with Gasteiger partial charge in [-0.25, -0.2) is 0 Å². The van der Waals surface area contributed by atoms with E-state index in [2.05, 4.69) is 4.99 Å². The average Bonchev–Trinajstić information content (AvgIpc) is 2.45. The first-order chi connectivity index (χ1) is 9.25. The van der Waals surface area contributed by atoms with Crippen molar-refractivity contribution < 1.29 is 9.59 Å². The van der Waals surface area contributed by atoms with Gasteiger partial charge in [0, 0.05) is 6.20 Å². The number of hydrogen-bond donors (Lipinski definition) is 0. The van der Waals surface area contributed by atoms with Gasteiger partial charge in [0.05, 0.1) is 0 Å². The Labute approximate surface area is 110 Å².